The van der Waals surface area contributed by atoms with Crippen LogP contribution >= 0.6 is 15.9 Å². The summed E-state index contributed by atoms with van der Waals surface area (Å²) in [6, 6.07) is 8.59. The molecule has 2 rings (SSSR count). The third-order valence-electron chi connectivity index (χ3n) is 2.68. The molecule has 1 N–H and O–H groups in total. The normalized spacial score (nSPS) is 12.4. The Labute approximate surface area is 114 Å². The number of aliphatic hydroxyl groups excluding tert-OH is 1. The Bertz CT molecular complexity index is 518. The second-order valence-corrected chi connectivity index (χ2v) is 4.93. The van der Waals surface area contributed by atoms with Gasteiger partial charge in [0.05, 0.1) is 10.6 Å². The van der Waals surface area contributed by atoms with Crippen molar-refractivity contribution in [3.63, 3.8) is 0 Å². The van der Waals surface area contributed by atoms with Crippen molar-refractivity contribution in [3.05, 3.63) is 64.1 Å². The van der Waals surface area contributed by atoms with E-state index in [1.165, 1.54) is 6.07 Å². The second-order valence-electron chi connectivity index (χ2n) is 4.14. The number of nitrogens with zero attached hydrogens (tertiary/aromatic N) is 1. The number of hydrogen-bond acceptors (Lipinski definition) is 2. The number of aliphatic hydroxyl groups is 1. The van der Waals surface area contributed by atoms with Gasteiger partial charge in [-0.05, 0) is 45.6 Å². The number of halogens is 2. The molecule has 0 amide bonds. The fourth-order valence-electron chi connectivity index (χ4n) is 1.82. The zero-order chi connectivity index (χ0) is 13.0. The average molecular weight is 310 g/mol. The lowest BCUT2D eigenvalue weighted by molar-refractivity contribution is 0.175. The van der Waals surface area contributed by atoms with Crippen molar-refractivity contribution in [1.82, 2.24) is 4.98 Å². The molecule has 2 nitrogen and oxygen atoms in total. The summed E-state index contributed by atoms with van der Waals surface area (Å²) in [6.07, 6.45) is 3.79. The third-order valence-corrected chi connectivity index (χ3v) is 3.57. The zero-order valence-electron chi connectivity index (χ0n) is 9.68. The van der Waals surface area contributed by atoms with Gasteiger partial charge >= 0.3 is 0 Å². The predicted molar refractivity (Wildman–Crippen MR) is 71.8 cm³/mol. The van der Waals surface area contributed by atoms with Crippen molar-refractivity contribution < 1.29 is 9.50 Å². The molecule has 1 aromatic carbocycles. The summed E-state index contributed by atoms with van der Waals surface area (Å²) in [6.45, 7) is 0. The van der Waals surface area contributed by atoms with E-state index in [-0.39, 0.29) is 5.82 Å². The fourth-order valence-corrected chi connectivity index (χ4v) is 2.25. The van der Waals surface area contributed by atoms with Crippen LogP contribution in [0.5, 0.6) is 0 Å². The molecular formula is C14H13BrFNO. The number of benzene rings is 1. The van der Waals surface area contributed by atoms with Crippen molar-refractivity contribution >= 4 is 15.9 Å². The summed E-state index contributed by atoms with van der Waals surface area (Å²) in [5.41, 5.74) is 1.74. The van der Waals surface area contributed by atoms with Gasteiger partial charge in [-0.2, -0.15) is 0 Å². The molecule has 0 saturated heterocycles. The fraction of sp³-hybridized carbons (Fsp3) is 0.214. The molecule has 2 aromatic rings. The predicted octanol–water partition coefficient (Wildman–Crippen LogP) is 3.13. The number of pyridine rings is 1. The molecule has 0 bridgehead atoms. The smallest absolute Gasteiger partial charge is 0.137 e. The number of rotatable bonds is 4. The molecule has 0 fully saturated rings. The molecule has 0 saturated carbocycles. The molecule has 1 unspecified atom stereocenters. The van der Waals surface area contributed by atoms with Gasteiger partial charge in [0.1, 0.15) is 5.82 Å². The Morgan fingerprint density at radius 3 is 2.78 bits per heavy atom. The summed E-state index contributed by atoms with van der Waals surface area (Å²) in [5, 5.41) is 10.0. The van der Waals surface area contributed by atoms with E-state index in [1.54, 1.807) is 24.5 Å². The lowest BCUT2D eigenvalue weighted by atomic mass is 10.0. The first kappa shape index (κ1) is 13.2. The van der Waals surface area contributed by atoms with Gasteiger partial charge in [0, 0.05) is 18.8 Å². The van der Waals surface area contributed by atoms with Crippen LogP contribution in [-0.4, -0.2) is 16.2 Å². The molecule has 1 aromatic heterocycles. The van der Waals surface area contributed by atoms with Gasteiger partial charge in [-0.15, -0.1) is 0 Å². The molecular weight excluding hydrogens is 297 g/mol. The lowest BCUT2D eigenvalue weighted by Gasteiger charge is -2.12. The van der Waals surface area contributed by atoms with Crippen molar-refractivity contribution in [1.29, 1.82) is 0 Å². The number of aromatic nitrogens is 1. The average Bonchev–Trinajstić information content (AvgIpc) is 2.36. The summed E-state index contributed by atoms with van der Waals surface area (Å²) >= 11 is 3.20. The molecule has 4 heteroatoms. The summed E-state index contributed by atoms with van der Waals surface area (Å²) in [4.78, 5) is 4.00. The molecule has 0 aliphatic carbocycles. The first-order valence-electron chi connectivity index (χ1n) is 5.66. The molecule has 0 radical (unpaired) electrons. The van der Waals surface area contributed by atoms with Gasteiger partial charge in [-0.3, -0.25) is 4.98 Å². The lowest BCUT2D eigenvalue weighted by Crippen LogP contribution is -2.14. The minimum Gasteiger partial charge on any atom is -0.392 e. The van der Waals surface area contributed by atoms with E-state index in [0.29, 0.717) is 17.3 Å². The van der Waals surface area contributed by atoms with Gasteiger partial charge in [0.15, 0.2) is 0 Å². The van der Waals surface area contributed by atoms with Gasteiger partial charge in [0.25, 0.3) is 0 Å². The molecule has 0 spiro atoms. The second kappa shape index (κ2) is 6.07. The van der Waals surface area contributed by atoms with Crippen molar-refractivity contribution in [2.24, 2.45) is 0 Å². The minimum atomic E-state index is -0.549. The number of hydrogen-bond donors (Lipinski definition) is 1. The Morgan fingerprint density at radius 2 is 2.06 bits per heavy atom. The Kier molecular flexibility index (Phi) is 4.44. The van der Waals surface area contributed by atoms with Crippen LogP contribution in [0.4, 0.5) is 4.39 Å². The van der Waals surface area contributed by atoms with Crippen LogP contribution in [0.2, 0.25) is 0 Å². The highest BCUT2D eigenvalue weighted by Gasteiger charge is 2.11. The monoisotopic (exact) mass is 309 g/mol. The molecule has 0 aliphatic rings. The van der Waals surface area contributed by atoms with Crippen molar-refractivity contribution in [2.45, 2.75) is 18.9 Å². The minimum absolute atomic E-state index is 0.305. The van der Waals surface area contributed by atoms with Crippen LogP contribution < -0.4 is 0 Å². The third kappa shape index (κ3) is 3.37. The zero-order valence-corrected chi connectivity index (χ0v) is 11.3. The van der Waals surface area contributed by atoms with E-state index in [9.17, 15) is 9.50 Å². The molecule has 0 aliphatic heterocycles. The van der Waals surface area contributed by atoms with Crippen LogP contribution in [0, 0.1) is 5.82 Å². The van der Waals surface area contributed by atoms with E-state index in [1.807, 2.05) is 12.1 Å². The highest BCUT2D eigenvalue weighted by molar-refractivity contribution is 9.10. The maximum Gasteiger partial charge on any atom is 0.137 e. The van der Waals surface area contributed by atoms with E-state index in [0.717, 1.165) is 11.1 Å². The summed E-state index contributed by atoms with van der Waals surface area (Å²) in [7, 11) is 0. The van der Waals surface area contributed by atoms with Crippen LogP contribution in [0.25, 0.3) is 0 Å². The first-order valence-corrected chi connectivity index (χ1v) is 6.46. The Hall–Kier alpha value is -1.26. The summed E-state index contributed by atoms with van der Waals surface area (Å²) < 4.78 is 13.7. The van der Waals surface area contributed by atoms with Gasteiger partial charge in [0.2, 0.25) is 0 Å². The maximum absolute atomic E-state index is 13.3. The van der Waals surface area contributed by atoms with E-state index < -0.39 is 6.10 Å². The Balaban J connectivity index is 2.03. The van der Waals surface area contributed by atoms with E-state index in [2.05, 4.69) is 20.9 Å². The molecule has 1 atom stereocenters. The quantitative estimate of drug-likeness (QED) is 0.941. The highest BCUT2D eigenvalue weighted by atomic mass is 79.9. The highest BCUT2D eigenvalue weighted by Crippen LogP contribution is 2.22. The van der Waals surface area contributed by atoms with Crippen LogP contribution in [-0.2, 0) is 12.8 Å². The van der Waals surface area contributed by atoms with Gasteiger partial charge in [-0.25, -0.2) is 4.39 Å². The van der Waals surface area contributed by atoms with Crippen LogP contribution in [0.3, 0.4) is 0 Å². The summed E-state index contributed by atoms with van der Waals surface area (Å²) in [5.74, 6) is -0.305. The SMILES string of the molecule is OC(Cc1cccnc1)Cc1cccc(F)c1Br. The van der Waals surface area contributed by atoms with E-state index >= 15 is 0 Å². The van der Waals surface area contributed by atoms with Crippen molar-refractivity contribution in [3.8, 4) is 0 Å². The van der Waals surface area contributed by atoms with Crippen LogP contribution in [0.1, 0.15) is 11.1 Å². The van der Waals surface area contributed by atoms with Crippen molar-refractivity contribution in [2.75, 3.05) is 0 Å². The first-order chi connectivity index (χ1) is 8.66. The van der Waals surface area contributed by atoms with Crippen LogP contribution in [0.15, 0.2) is 47.2 Å². The van der Waals surface area contributed by atoms with Gasteiger partial charge < -0.3 is 5.11 Å². The maximum atomic E-state index is 13.3. The largest absolute Gasteiger partial charge is 0.392 e. The molecule has 94 valence electrons. The molecule has 18 heavy (non-hydrogen) atoms. The topological polar surface area (TPSA) is 33.1 Å². The standard InChI is InChI=1S/C14H13BrFNO/c15-14-11(4-1-5-13(14)16)8-12(18)7-10-3-2-6-17-9-10/h1-6,9,12,18H,7-8H2. The Morgan fingerprint density at radius 1 is 1.22 bits per heavy atom. The van der Waals surface area contributed by atoms with E-state index in [4.69, 9.17) is 0 Å². The van der Waals surface area contributed by atoms with Gasteiger partial charge in [-0.1, -0.05) is 18.2 Å². The molecule has 1 heterocycles.